The second kappa shape index (κ2) is 6.34. The van der Waals surface area contributed by atoms with Gasteiger partial charge < -0.3 is 14.6 Å². The lowest BCUT2D eigenvalue weighted by molar-refractivity contribution is 0.170. The molecule has 0 aliphatic heterocycles. The number of aliphatic hydroxyl groups is 1. The van der Waals surface area contributed by atoms with Gasteiger partial charge >= 0.3 is 0 Å². The predicted octanol–water partition coefficient (Wildman–Crippen LogP) is 0.989. The Bertz CT molecular complexity index is 265. The zero-order valence-corrected chi connectivity index (χ0v) is 8.27. The predicted molar refractivity (Wildman–Crippen MR) is 52.1 cm³/mol. The van der Waals surface area contributed by atoms with Crippen LogP contribution in [0.5, 0.6) is 5.75 Å². The number of ether oxygens (including phenoxy) is 2. The Hall–Kier alpha value is -1.13. The monoisotopic (exact) mass is 197 g/mol. The Kier molecular flexibility index (Phi) is 4.96. The summed E-state index contributed by atoms with van der Waals surface area (Å²) < 4.78 is 10.3. The van der Waals surface area contributed by atoms with Crippen LogP contribution in [0.4, 0.5) is 0 Å². The van der Waals surface area contributed by atoms with Gasteiger partial charge in [0.25, 0.3) is 0 Å². The van der Waals surface area contributed by atoms with Crippen molar-refractivity contribution < 1.29 is 14.6 Å². The molecule has 4 heteroatoms. The lowest BCUT2D eigenvalue weighted by Crippen LogP contribution is -2.03. The molecule has 0 saturated heterocycles. The van der Waals surface area contributed by atoms with Crippen LogP contribution in [0.3, 0.4) is 0 Å². The van der Waals surface area contributed by atoms with Crippen molar-refractivity contribution in [3.05, 3.63) is 24.0 Å². The van der Waals surface area contributed by atoms with Crippen molar-refractivity contribution in [2.75, 3.05) is 20.3 Å². The van der Waals surface area contributed by atoms with Crippen LogP contribution < -0.4 is 4.74 Å². The highest BCUT2D eigenvalue weighted by Crippen LogP contribution is 2.15. The molecule has 0 aliphatic rings. The Labute approximate surface area is 83.5 Å². The van der Waals surface area contributed by atoms with E-state index in [1.54, 1.807) is 25.6 Å². The largest absolute Gasteiger partial charge is 0.492 e. The maximum absolute atomic E-state index is 8.99. The molecule has 1 heterocycles. The number of hydrogen-bond donors (Lipinski definition) is 1. The van der Waals surface area contributed by atoms with Crippen molar-refractivity contribution in [1.82, 2.24) is 4.98 Å². The number of rotatable bonds is 6. The fourth-order valence-electron chi connectivity index (χ4n) is 1.05. The first-order chi connectivity index (χ1) is 6.88. The van der Waals surface area contributed by atoms with E-state index in [1.165, 1.54) is 0 Å². The highest BCUT2D eigenvalue weighted by atomic mass is 16.5. The quantitative estimate of drug-likeness (QED) is 0.691. The Morgan fingerprint density at radius 1 is 1.43 bits per heavy atom. The van der Waals surface area contributed by atoms with Gasteiger partial charge in [0, 0.05) is 31.9 Å². The van der Waals surface area contributed by atoms with E-state index in [1.807, 2.05) is 0 Å². The first-order valence-electron chi connectivity index (χ1n) is 4.54. The van der Waals surface area contributed by atoms with Crippen molar-refractivity contribution in [2.45, 2.75) is 13.0 Å². The number of hydrogen-bond acceptors (Lipinski definition) is 4. The summed E-state index contributed by atoms with van der Waals surface area (Å²) in [4.78, 5) is 3.92. The molecule has 0 saturated carbocycles. The van der Waals surface area contributed by atoms with Crippen LogP contribution in [0, 0.1) is 0 Å². The number of aliphatic hydroxyl groups excluding tert-OH is 1. The average molecular weight is 197 g/mol. The summed E-state index contributed by atoms with van der Waals surface area (Å²) in [5.74, 6) is 0.645. The van der Waals surface area contributed by atoms with Crippen molar-refractivity contribution in [2.24, 2.45) is 0 Å². The van der Waals surface area contributed by atoms with E-state index < -0.39 is 0 Å². The minimum absolute atomic E-state index is 0.0257. The van der Waals surface area contributed by atoms with Gasteiger partial charge in [-0.25, -0.2) is 0 Å². The minimum atomic E-state index is -0.0257. The molecule has 0 radical (unpaired) electrons. The molecule has 0 aliphatic carbocycles. The molecule has 1 rings (SSSR count). The van der Waals surface area contributed by atoms with Gasteiger partial charge in [-0.2, -0.15) is 0 Å². The Morgan fingerprint density at radius 2 is 2.29 bits per heavy atom. The molecule has 0 unspecified atom stereocenters. The molecule has 4 nitrogen and oxygen atoms in total. The van der Waals surface area contributed by atoms with Crippen molar-refractivity contribution in [3.8, 4) is 5.75 Å². The highest BCUT2D eigenvalue weighted by Gasteiger charge is 2.01. The van der Waals surface area contributed by atoms with Crippen LogP contribution in [0.1, 0.15) is 12.0 Å². The lowest BCUT2D eigenvalue weighted by atomic mass is 10.2. The van der Waals surface area contributed by atoms with E-state index in [9.17, 15) is 0 Å². The zero-order valence-electron chi connectivity index (χ0n) is 8.27. The molecular formula is C10H15NO3. The van der Waals surface area contributed by atoms with E-state index in [0.717, 1.165) is 12.0 Å². The third-order valence-corrected chi connectivity index (χ3v) is 1.79. The summed E-state index contributed by atoms with van der Waals surface area (Å²) >= 11 is 0. The Balaban J connectivity index is 2.41. The van der Waals surface area contributed by atoms with Crippen LogP contribution in [-0.4, -0.2) is 30.4 Å². The summed E-state index contributed by atoms with van der Waals surface area (Å²) in [6, 6.07) is 1.74. The summed E-state index contributed by atoms with van der Waals surface area (Å²) in [5, 5.41) is 8.99. The molecule has 0 fully saturated rings. The molecule has 0 bridgehead atoms. The van der Waals surface area contributed by atoms with Gasteiger partial charge in [-0.3, -0.25) is 4.98 Å². The molecular weight excluding hydrogens is 182 g/mol. The lowest BCUT2D eigenvalue weighted by Gasteiger charge is -2.08. The number of aromatic nitrogens is 1. The third-order valence-electron chi connectivity index (χ3n) is 1.79. The SMILES string of the molecule is COCCCOc1cnccc1CO. The maximum Gasteiger partial charge on any atom is 0.143 e. The van der Waals surface area contributed by atoms with E-state index in [4.69, 9.17) is 14.6 Å². The first-order valence-corrected chi connectivity index (χ1v) is 4.54. The second-order valence-corrected chi connectivity index (χ2v) is 2.84. The van der Waals surface area contributed by atoms with Gasteiger partial charge in [0.1, 0.15) is 5.75 Å². The van der Waals surface area contributed by atoms with Crippen LogP contribution in [-0.2, 0) is 11.3 Å². The molecule has 0 aromatic carbocycles. The zero-order chi connectivity index (χ0) is 10.2. The standard InChI is InChI=1S/C10H15NO3/c1-13-5-2-6-14-10-7-11-4-3-9(10)8-12/h3-4,7,12H,2,5-6,8H2,1H3. The number of pyridine rings is 1. The van der Waals surface area contributed by atoms with Gasteiger partial charge in [0.15, 0.2) is 0 Å². The molecule has 0 atom stereocenters. The smallest absolute Gasteiger partial charge is 0.143 e. The molecule has 78 valence electrons. The van der Waals surface area contributed by atoms with Crippen molar-refractivity contribution >= 4 is 0 Å². The summed E-state index contributed by atoms with van der Waals surface area (Å²) in [6.45, 7) is 1.23. The average Bonchev–Trinajstić information content (AvgIpc) is 2.25. The fraction of sp³-hybridized carbons (Fsp3) is 0.500. The third kappa shape index (κ3) is 3.32. The van der Waals surface area contributed by atoms with Crippen molar-refractivity contribution in [3.63, 3.8) is 0 Å². The minimum Gasteiger partial charge on any atom is -0.492 e. The van der Waals surface area contributed by atoms with Crippen LogP contribution in [0.2, 0.25) is 0 Å². The summed E-state index contributed by atoms with van der Waals surface area (Å²) in [6.07, 6.45) is 4.07. The van der Waals surface area contributed by atoms with Gasteiger partial charge in [0.05, 0.1) is 19.4 Å². The van der Waals surface area contributed by atoms with Gasteiger partial charge in [-0.15, -0.1) is 0 Å². The summed E-state index contributed by atoms with van der Waals surface area (Å²) in [7, 11) is 1.66. The highest BCUT2D eigenvalue weighted by molar-refractivity contribution is 5.28. The maximum atomic E-state index is 8.99. The van der Waals surface area contributed by atoms with Crippen LogP contribution in [0.15, 0.2) is 18.5 Å². The molecule has 1 aromatic heterocycles. The second-order valence-electron chi connectivity index (χ2n) is 2.84. The van der Waals surface area contributed by atoms with Gasteiger partial charge in [-0.1, -0.05) is 0 Å². The number of nitrogens with zero attached hydrogens (tertiary/aromatic N) is 1. The van der Waals surface area contributed by atoms with Crippen LogP contribution in [0.25, 0.3) is 0 Å². The van der Waals surface area contributed by atoms with Gasteiger partial charge in [-0.05, 0) is 6.07 Å². The van der Waals surface area contributed by atoms with Gasteiger partial charge in [0.2, 0.25) is 0 Å². The molecule has 1 N–H and O–H groups in total. The van der Waals surface area contributed by atoms with Crippen LogP contribution >= 0.6 is 0 Å². The molecule has 1 aromatic rings. The van der Waals surface area contributed by atoms with Crippen molar-refractivity contribution in [1.29, 1.82) is 0 Å². The normalized spacial score (nSPS) is 10.1. The molecule has 14 heavy (non-hydrogen) atoms. The van der Waals surface area contributed by atoms with E-state index >= 15 is 0 Å². The Morgan fingerprint density at radius 3 is 3.00 bits per heavy atom. The molecule has 0 amide bonds. The topological polar surface area (TPSA) is 51.6 Å². The summed E-state index contributed by atoms with van der Waals surface area (Å²) in [5.41, 5.74) is 0.761. The van der Waals surface area contributed by atoms with E-state index in [2.05, 4.69) is 4.98 Å². The number of methoxy groups -OCH3 is 1. The molecule has 0 spiro atoms. The first kappa shape index (κ1) is 10.9. The fourth-order valence-corrected chi connectivity index (χ4v) is 1.05. The van der Waals surface area contributed by atoms with E-state index in [0.29, 0.717) is 19.0 Å². The van der Waals surface area contributed by atoms with E-state index in [-0.39, 0.29) is 6.61 Å².